The van der Waals surface area contributed by atoms with E-state index >= 15 is 0 Å². The number of fused-ring (bicyclic) bond motifs is 2. The summed E-state index contributed by atoms with van der Waals surface area (Å²) >= 11 is 0. The molecule has 2 aromatic carbocycles. The van der Waals surface area contributed by atoms with E-state index in [-0.39, 0.29) is 23.6 Å². The van der Waals surface area contributed by atoms with Gasteiger partial charge in [0.2, 0.25) is 0 Å². The highest BCUT2D eigenvalue weighted by Gasteiger charge is 2.31. The molecule has 0 bridgehead atoms. The minimum Gasteiger partial charge on any atom is -0.406 e. The number of pyridine rings is 2. The van der Waals surface area contributed by atoms with Gasteiger partial charge in [-0.3, -0.25) is 14.0 Å². The van der Waals surface area contributed by atoms with Gasteiger partial charge in [-0.25, -0.2) is 4.98 Å². The maximum Gasteiger partial charge on any atom is 0.573 e. The first-order valence-electron chi connectivity index (χ1n) is 11.9. The zero-order chi connectivity index (χ0) is 27.0. The van der Waals surface area contributed by atoms with Gasteiger partial charge in [-0.15, -0.1) is 13.2 Å². The number of benzene rings is 2. The highest BCUT2D eigenvalue weighted by Crippen LogP contribution is 2.25. The van der Waals surface area contributed by atoms with Crippen molar-refractivity contribution in [2.45, 2.75) is 33.2 Å². The van der Waals surface area contributed by atoms with Crippen LogP contribution in [0, 0.1) is 6.92 Å². The van der Waals surface area contributed by atoms with Gasteiger partial charge < -0.3 is 15.0 Å². The second-order valence-electron chi connectivity index (χ2n) is 8.78. The molecule has 0 fully saturated rings. The summed E-state index contributed by atoms with van der Waals surface area (Å²) in [6, 6.07) is 16.2. The fourth-order valence-electron chi connectivity index (χ4n) is 4.43. The number of hydrogen-bond acceptors (Lipinski definition) is 4. The number of hydrogen-bond donors (Lipinski definition) is 2. The van der Waals surface area contributed by atoms with Gasteiger partial charge in [-0.2, -0.15) is 0 Å². The SMILES string of the molecule is CCc1nc2ccc(-c3[nH]c4ccccc4c(=O)c3C)cn2c1C(=O)NCc1ccc(OC(F)(F)F)cc1. The number of rotatable bonds is 6. The fraction of sp³-hybridized carbons (Fsp3) is 0.179. The number of nitrogens with zero attached hydrogens (tertiary/aromatic N) is 2. The number of aromatic nitrogens is 3. The normalized spacial score (nSPS) is 11.7. The maximum atomic E-state index is 13.3. The molecule has 0 radical (unpaired) electrons. The molecule has 0 atom stereocenters. The van der Waals surface area contributed by atoms with E-state index in [1.807, 2.05) is 31.2 Å². The summed E-state index contributed by atoms with van der Waals surface area (Å²) in [6.07, 6.45) is -2.49. The Bertz CT molecular complexity index is 1720. The molecule has 0 unspecified atom stereocenters. The molecule has 3 aromatic heterocycles. The topological polar surface area (TPSA) is 88.5 Å². The van der Waals surface area contributed by atoms with Crippen molar-refractivity contribution < 1.29 is 22.7 Å². The van der Waals surface area contributed by atoms with Gasteiger partial charge in [0.15, 0.2) is 5.43 Å². The summed E-state index contributed by atoms with van der Waals surface area (Å²) in [5.41, 5.74) is 4.68. The van der Waals surface area contributed by atoms with Crippen molar-refractivity contribution in [3.05, 3.63) is 99.6 Å². The number of para-hydroxylation sites is 1. The van der Waals surface area contributed by atoms with Crippen LogP contribution in [0.25, 0.3) is 27.8 Å². The lowest BCUT2D eigenvalue weighted by molar-refractivity contribution is -0.274. The third-order valence-corrected chi connectivity index (χ3v) is 6.29. The Morgan fingerprint density at radius 1 is 1.08 bits per heavy atom. The highest BCUT2D eigenvalue weighted by molar-refractivity contribution is 5.95. The van der Waals surface area contributed by atoms with Gasteiger partial charge in [0, 0.05) is 34.8 Å². The number of ether oxygens (including phenoxy) is 1. The van der Waals surface area contributed by atoms with Crippen LogP contribution in [0.15, 0.2) is 71.7 Å². The number of aryl methyl sites for hydroxylation is 1. The summed E-state index contributed by atoms with van der Waals surface area (Å²) in [7, 11) is 0. The van der Waals surface area contributed by atoms with Gasteiger partial charge in [0.05, 0.1) is 11.4 Å². The van der Waals surface area contributed by atoms with Crippen molar-refractivity contribution in [1.82, 2.24) is 19.7 Å². The van der Waals surface area contributed by atoms with E-state index in [4.69, 9.17) is 0 Å². The lowest BCUT2D eigenvalue weighted by Crippen LogP contribution is -2.25. The fourth-order valence-corrected chi connectivity index (χ4v) is 4.43. The lowest BCUT2D eigenvalue weighted by atomic mass is 10.0. The Labute approximate surface area is 214 Å². The van der Waals surface area contributed by atoms with E-state index < -0.39 is 6.36 Å². The van der Waals surface area contributed by atoms with Crippen molar-refractivity contribution >= 4 is 22.5 Å². The van der Waals surface area contributed by atoms with E-state index in [2.05, 4.69) is 20.0 Å². The first-order chi connectivity index (χ1) is 18.1. The number of alkyl halides is 3. The summed E-state index contributed by atoms with van der Waals surface area (Å²) in [6.45, 7) is 3.75. The Morgan fingerprint density at radius 3 is 2.53 bits per heavy atom. The number of aromatic amines is 1. The van der Waals surface area contributed by atoms with E-state index in [0.29, 0.717) is 56.7 Å². The summed E-state index contributed by atoms with van der Waals surface area (Å²) < 4.78 is 42.8. The van der Waals surface area contributed by atoms with Crippen LogP contribution < -0.4 is 15.5 Å². The molecule has 5 aromatic rings. The van der Waals surface area contributed by atoms with Crippen molar-refractivity contribution in [3.63, 3.8) is 0 Å². The summed E-state index contributed by atoms with van der Waals surface area (Å²) in [5.74, 6) is -0.719. The zero-order valence-electron chi connectivity index (χ0n) is 20.5. The first kappa shape index (κ1) is 25.1. The molecule has 38 heavy (non-hydrogen) atoms. The Balaban J connectivity index is 1.46. The molecule has 0 aliphatic heterocycles. The molecule has 194 valence electrons. The molecule has 0 saturated carbocycles. The van der Waals surface area contributed by atoms with Crippen LogP contribution in [0.4, 0.5) is 13.2 Å². The molecule has 2 N–H and O–H groups in total. The second kappa shape index (κ2) is 9.70. The van der Waals surface area contributed by atoms with Gasteiger partial charge in [-0.05, 0) is 55.3 Å². The molecule has 0 aliphatic rings. The molecule has 5 rings (SSSR count). The molecular formula is C28H23F3N4O3. The Kier molecular flexibility index (Phi) is 6.40. The Morgan fingerprint density at radius 2 is 1.82 bits per heavy atom. The number of halogens is 3. The Hall–Kier alpha value is -4.60. The van der Waals surface area contributed by atoms with E-state index in [1.54, 1.807) is 29.7 Å². The summed E-state index contributed by atoms with van der Waals surface area (Å²) in [4.78, 5) is 34.1. The van der Waals surface area contributed by atoms with Crippen molar-refractivity contribution in [2.24, 2.45) is 0 Å². The van der Waals surface area contributed by atoms with Crippen LogP contribution in [0.3, 0.4) is 0 Å². The van der Waals surface area contributed by atoms with Crippen LogP contribution in [-0.4, -0.2) is 26.6 Å². The number of imidazole rings is 1. The van der Waals surface area contributed by atoms with Crippen LogP contribution in [0.2, 0.25) is 0 Å². The minimum absolute atomic E-state index is 0.0704. The molecule has 0 saturated heterocycles. The number of amides is 1. The number of H-pyrrole nitrogens is 1. The molecule has 3 heterocycles. The molecule has 0 aliphatic carbocycles. The van der Waals surface area contributed by atoms with E-state index in [1.165, 1.54) is 24.3 Å². The smallest absolute Gasteiger partial charge is 0.406 e. The van der Waals surface area contributed by atoms with Crippen LogP contribution >= 0.6 is 0 Å². The van der Waals surface area contributed by atoms with Crippen LogP contribution in [0.5, 0.6) is 5.75 Å². The van der Waals surface area contributed by atoms with Gasteiger partial charge >= 0.3 is 6.36 Å². The second-order valence-corrected chi connectivity index (χ2v) is 8.78. The van der Waals surface area contributed by atoms with E-state index in [9.17, 15) is 22.8 Å². The predicted octanol–water partition coefficient (Wildman–Crippen LogP) is 5.54. The molecule has 0 spiro atoms. The number of carbonyl (C=O) groups is 1. The van der Waals surface area contributed by atoms with Crippen molar-refractivity contribution in [2.75, 3.05) is 0 Å². The number of carbonyl (C=O) groups excluding carboxylic acids is 1. The van der Waals surface area contributed by atoms with Gasteiger partial charge in [0.25, 0.3) is 5.91 Å². The standard InChI is InChI=1S/C28H23F3N4O3/c1-3-21-25(27(37)32-14-17-8-11-19(12-9-17)38-28(29,30)31)35-15-18(10-13-23(35)33-21)24-16(2)26(36)20-6-4-5-7-22(20)34-24/h4-13,15H,3,14H2,1-2H3,(H,32,37)(H,34,36). The van der Waals surface area contributed by atoms with Crippen LogP contribution in [-0.2, 0) is 13.0 Å². The van der Waals surface area contributed by atoms with Crippen LogP contribution in [0.1, 0.15) is 34.2 Å². The predicted molar refractivity (Wildman–Crippen MR) is 137 cm³/mol. The minimum atomic E-state index is -4.77. The lowest BCUT2D eigenvalue weighted by Gasteiger charge is -2.11. The largest absolute Gasteiger partial charge is 0.573 e. The average Bonchev–Trinajstić information content (AvgIpc) is 3.27. The first-order valence-corrected chi connectivity index (χ1v) is 11.9. The monoisotopic (exact) mass is 520 g/mol. The number of nitrogens with one attached hydrogen (secondary N) is 2. The third kappa shape index (κ3) is 4.84. The molecule has 1 amide bonds. The van der Waals surface area contributed by atoms with Gasteiger partial charge in [-0.1, -0.05) is 31.2 Å². The molecular weight excluding hydrogens is 497 g/mol. The zero-order valence-corrected chi connectivity index (χ0v) is 20.5. The van der Waals surface area contributed by atoms with Crippen molar-refractivity contribution in [3.8, 4) is 17.0 Å². The third-order valence-electron chi connectivity index (χ3n) is 6.29. The van der Waals surface area contributed by atoms with Gasteiger partial charge in [0.1, 0.15) is 17.1 Å². The van der Waals surface area contributed by atoms with E-state index in [0.717, 1.165) is 0 Å². The maximum absolute atomic E-state index is 13.3. The quantitative estimate of drug-likeness (QED) is 0.308. The summed E-state index contributed by atoms with van der Waals surface area (Å²) in [5, 5.41) is 3.42. The molecule has 10 heteroatoms. The van der Waals surface area contributed by atoms with Crippen molar-refractivity contribution in [1.29, 1.82) is 0 Å². The average molecular weight is 521 g/mol. The molecule has 7 nitrogen and oxygen atoms in total. The highest BCUT2D eigenvalue weighted by atomic mass is 19.4.